The van der Waals surface area contributed by atoms with E-state index in [-0.39, 0.29) is 5.91 Å². The fourth-order valence-electron chi connectivity index (χ4n) is 2.29. The molecule has 5 heteroatoms. The summed E-state index contributed by atoms with van der Waals surface area (Å²) in [4.78, 5) is 12.1. The number of hydrogen-bond acceptors (Lipinski definition) is 3. The van der Waals surface area contributed by atoms with E-state index in [1.807, 2.05) is 62.4 Å². The van der Waals surface area contributed by atoms with Crippen molar-refractivity contribution < 1.29 is 4.79 Å². The number of benzene rings is 2. The zero-order valence-electron chi connectivity index (χ0n) is 13.6. The third-order valence-electron chi connectivity index (χ3n) is 3.59. The van der Waals surface area contributed by atoms with Gasteiger partial charge in [-0.05, 0) is 25.5 Å². The van der Waals surface area contributed by atoms with Crippen molar-refractivity contribution in [1.29, 1.82) is 0 Å². The number of H-pyrrole nitrogens is 1. The lowest BCUT2D eigenvalue weighted by molar-refractivity contribution is 0.0950. The van der Waals surface area contributed by atoms with Crippen LogP contribution in [0.25, 0.3) is 11.3 Å². The molecule has 0 radical (unpaired) electrons. The van der Waals surface area contributed by atoms with Crippen LogP contribution in [0.1, 0.15) is 27.2 Å². The fraction of sp³-hybridized carbons (Fsp3) is 0.105. The second kappa shape index (κ2) is 6.91. The van der Waals surface area contributed by atoms with Gasteiger partial charge in [-0.1, -0.05) is 59.7 Å². The van der Waals surface area contributed by atoms with Gasteiger partial charge in [-0.2, -0.15) is 10.2 Å². The van der Waals surface area contributed by atoms with Gasteiger partial charge in [-0.25, -0.2) is 5.43 Å². The summed E-state index contributed by atoms with van der Waals surface area (Å²) in [7, 11) is 0. The zero-order valence-corrected chi connectivity index (χ0v) is 13.6. The van der Waals surface area contributed by atoms with E-state index in [1.54, 1.807) is 12.3 Å². The molecule has 3 aromatic rings. The average Bonchev–Trinajstić information content (AvgIpc) is 3.05. The topological polar surface area (TPSA) is 70.1 Å². The van der Waals surface area contributed by atoms with Crippen LogP contribution in [-0.2, 0) is 0 Å². The first-order valence-electron chi connectivity index (χ1n) is 7.64. The monoisotopic (exact) mass is 318 g/mol. The maximum atomic E-state index is 12.1. The predicted molar refractivity (Wildman–Crippen MR) is 95.0 cm³/mol. The Kier molecular flexibility index (Phi) is 4.52. The smallest absolute Gasteiger partial charge is 0.272 e. The second-order valence-electron chi connectivity index (χ2n) is 5.65. The molecule has 1 amide bonds. The number of hydrazone groups is 1. The highest BCUT2D eigenvalue weighted by atomic mass is 16.2. The van der Waals surface area contributed by atoms with Gasteiger partial charge in [0, 0.05) is 5.56 Å². The molecule has 3 rings (SSSR count). The first-order chi connectivity index (χ1) is 11.6. The summed E-state index contributed by atoms with van der Waals surface area (Å²) in [6.45, 7) is 4.03. The van der Waals surface area contributed by atoms with Gasteiger partial charge < -0.3 is 0 Å². The quantitative estimate of drug-likeness (QED) is 0.571. The molecule has 120 valence electrons. The first-order valence-corrected chi connectivity index (χ1v) is 7.64. The second-order valence-corrected chi connectivity index (χ2v) is 5.65. The number of aromatic nitrogens is 2. The van der Waals surface area contributed by atoms with Crippen LogP contribution in [0.4, 0.5) is 0 Å². The number of aromatic amines is 1. The Labute approximate surface area is 140 Å². The van der Waals surface area contributed by atoms with Crippen LogP contribution in [0.3, 0.4) is 0 Å². The molecular weight excluding hydrogens is 300 g/mol. The molecule has 0 saturated heterocycles. The third kappa shape index (κ3) is 3.76. The van der Waals surface area contributed by atoms with Gasteiger partial charge >= 0.3 is 0 Å². The van der Waals surface area contributed by atoms with Crippen LogP contribution in [0.5, 0.6) is 0 Å². The minimum Gasteiger partial charge on any atom is -0.272 e. The number of amides is 1. The lowest BCUT2D eigenvalue weighted by Gasteiger charge is -1.97. The standard InChI is InChI=1S/C19H18N4O/c1-13-6-8-16(9-7-13)17-11-18(22-21-17)19(24)23-20-12-15-5-3-4-14(2)10-15/h3-12H,1-2H3,(H,21,22)(H,23,24). The molecule has 0 unspecified atom stereocenters. The van der Waals surface area contributed by atoms with Crippen molar-refractivity contribution in [1.82, 2.24) is 15.6 Å². The highest BCUT2D eigenvalue weighted by molar-refractivity contribution is 5.94. The molecule has 0 bridgehead atoms. The van der Waals surface area contributed by atoms with E-state index >= 15 is 0 Å². The molecule has 0 aliphatic heterocycles. The van der Waals surface area contributed by atoms with Crippen molar-refractivity contribution >= 4 is 12.1 Å². The van der Waals surface area contributed by atoms with Crippen LogP contribution in [0.2, 0.25) is 0 Å². The molecule has 0 spiro atoms. The molecule has 0 atom stereocenters. The highest BCUT2D eigenvalue weighted by Gasteiger charge is 2.10. The molecule has 0 aliphatic carbocycles. The van der Waals surface area contributed by atoms with Crippen molar-refractivity contribution in [2.75, 3.05) is 0 Å². The van der Waals surface area contributed by atoms with E-state index in [2.05, 4.69) is 20.7 Å². The normalized spacial score (nSPS) is 10.9. The lowest BCUT2D eigenvalue weighted by atomic mass is 10.1. The SMILES string of the molecule is Cc1ccc(-c2cc(C(=O)NN=Cc3cccc(C)c3)[nH]n2)cc1. The van der Waals surface area contributed by atoms with Crippen molar-refractivity contribution in [2.24, 2.45) is 5.10 Å². The minimum absolute atomic E-state index is 0.329. The molecule has 1 aromatic heterocycles. The van der Waals surface area contributed by atoms with E-state index in [4.69, 9.17) is 0 Å². The maximum absolute atomic E-state index is 12.1. The molecule has 1 heterocycles. The van der Waals surface area contributed by atoms with E-state index in [1.165, 1.54) is 5.56 Å². The summed E-state index contributed by atoms with van der Waals surface area (Å²) < 4.78 is 0. The number of carbonyl (C=O) groups excluding carboxylic acids is 1. The van der Waals surface area contributed by atoms with Crippen LogP contribution in [0, 0.1) is 13.8 Å². The van der Waals surface area contributed by atoms with E-state index in [9.17, 15) is 4.79 Å². The molecule has 24 heavy (non-hydrogen) atoms. The summed E-state index contributed by atoms with van der Waals surface area (Å²) in [5.74, 6) is -0.329. The number of nitrogens with zero attached hydrogens (tertiary/aromatic N) is 2. The van der Waals surface area contributed by atoms with Crippen molar-refractivity contribution in [3.63, 3.8) is 0 Å². The average molecular weight is 318 g/mol. The summed E-state index contributed by atoms with van der Waals surface area (Å²) in [5, 5.41) is 10.9. The molecular formula is C19H18N4O. The summed E-state index contributed by atoms with van der Waals surface area (Å²) in [6.07, 6.45) is 1.61. The van der Waals surface area contributed by atoms with Gasteiger partial charge in [0.25, 0.3) is 5.91 Å². The first kappa shape index (κ1) is 15.7. The fourth-order valence-corrected chi connectivity index (χ4v) is 2.29. The van der Waals surface area contributed by atoms with E-state index in [0.717, 1.165) is 22.4 Å². The Hall–Kier alpha value is -3.21. The molecule has 5 nitrogen and oxygen atoms in total. The molecule has 0 aliphatic rings. The minimum atomic E-state index is -0.329. The van der Waals surface area contributed by atoms with Crippen LogP contribution < -0.4 is 5.43 Å². The summed E-state index contributed by atoms with van der Waals surface area (Å²) >= 11 is 0. The van der Waals surface area contributed by atoms with Crippen molar-refractivity contribution in [2.45, 2.75) is 13.8 Å². The summed E-state index contributed by atoms with van der Waals surface area (Å²) in [6, 6.07) is 17.5. The van der Waals surface area contributed by atoms with Gasteiger partial charge in [-0.15, -0.1) is 0 Å². The van der Waals surface area contributed by atoms with Gasteiger partial charge in [0.15, 0.2) is 0 Å². The van der Waals surface area contributed by atoms with Gasteiger partial charge in [0.05, 0.1) is 11.9 Å². The number of nitrogens with one attached hydrogen (secondary N) is 2. The van der Waals surface area contributed by atoms with Gasteiger partial charge in [-0.3, -0.25) is 9.89 Å². The van der Waals surface area contributed by atoms with Gasteiger partial charge in [0.1, 0.15) is 5.69 Å². The Morgan fingerprint density at radius 3 is 2.62 bits per heavy atom. The lowest BCUT2D eigenvalue weighted by Crippen LogP contribution is -2.18. The molecule has 0 saturated carbocycles. The Morgan fingerprint density at radius 2 is 1.88 bits per heavy atom. The van der Waals surface area contributed by atoms with Crippen LogP contribution >= 0.6 is 0 Å². The third-order valence-corrected chi connectivity index (χ3v) is 3.59. The zero-order chi connectivity index (χ0) is 16.9. The highest BCUT2D eigenvalue weighted by Crippen LogP contribution is 2.18. The molecule has 2 N–H and O–H groups in total. The van der Waals surface area contributed by atoms with Crippen molar-refractivity contribution in [3.05, 3.63) is 77.0 Å². The number of carbonyl (C=O) groups is 1. The Bertz CT molecular complexity index is 878. The Morgan fingerprint density at radius 1 is 1.08 bits per heavy atom. The summed E-state index contributed by atoms with van der Waals surface area (Å²) in [5.41, 5.74) is 7.80. The van der Waals surface area contributed by atoms with Gasteiger partial charge in [0.2, 0.25) is 0 Å². The largest absolute Gasteiger partial charge is 0.289 e. The van der Waals surface area contributed by atoms with Crippen molar-refractivity contribution in [3.8, 4) is 11.3 Å². The maximum Gasteiger partial charge on any atom is 0.289 e. The Balaban J connectivity index is 1.66. The molecule has 2 aromatic carbocycles. The van der Waals surface area contributed by atoms with E-state index < -0.39 is 0 Å². The molecule has 0 fully saturated rings. The van der Waals surface area contributed by atoms with Crippen LogP contribution in [0.15, 0.2) is 59.7 Å². The number of rotatable bonds is 4. The van der Waals surface area contributed by atoms with Crippen LogP contribution in [-0.4, -0.2) is 22.3 Å². The predicted octanol–water partition coefficient (Wildman–Crippen LogP) is 3.46. The number of hydrogen-bond donors (Lipinski definition) is 2. The van der Waals surface area contributed by atoms with E-state index in [0.29, 0.717) is 5.69 Å². The number of aryl methyl sites for hydroxylation is 2.